The summed E-state index contributed by atoms with van der Waals surface area (Å²) in [6, 6.07) is 3.67. The van der Waals surface area contributed by atoms with E-state index in [0.717, 1.165) is 11.4 Å². The number of nitrogens with zero attached hydrogens (tertiary/aromatic N) is 1. The molecule has 1 aromatic rings. The topological polar surface area (TPSA) is 31.2 Å². The van der Waals surface area contributed by atoms with Crippen LogP contribution in [0, 0.1) is 13.8 Å². The van der Waals surface area contributed by atoms with Gasteiger partial charge in [0.25, 0.3) is 0 Å². The van der Waals surface area contributed by atoms with Crippen LogP contribution in [0.15, 0.2) is 12.1 Å². The molecule has 1 aromatic heterocycles. The minimum Gasteiger partial charge on any atom is -0.464 e. The normalized spacial score (nSPS) is 12.5. The lowest BCUT2D eigenvalue weighted by Gasteiger charge is -2.19. The van der Waals surface area contributed by atoms with E-state index in [1.165, 1.54) is 0 Å². The number of hydrogen-bond donors (Lipinski definition) is 1. The first-order chi connectivity index (χ1) is 7.11. The molecule has 0 aromatic carbocycles. The first-order valence-corrected chi connectivity index (χ1v) is 5.67. The predicted octanol–water partition coefficient (Wildman–Crippen LogP) is 2.14. The van der Waals surface area contributed by atoms with E-state index in [9.17, 15) is 4.79 Å². The van der Waals surface area contributed by atoms with Crippen molar-refractivity contribution in [3.8, 4) is 0 Å². The van der Waals surface area contributed by atoms with Gasteiger partial charge in [0.15, 0.2) is 0 Å². The lowest BCUT2D eigenvalue weighted by molar-refractivity contribution is -0.146. The molecule has 0 amide bonds. The Hall–Kier alpha value is -0.900. The van der Waals surface area contributed by atoms with Gasteiger partial charge in [-0.05, 0) is 32.9 Å². The number of aryl methyl sites for hydroxylation is 2. The standard InChI is InChI=1S/C11H17NO2S/c1-4-14-11(13)10(7-15)12-8(2)5-6-9(12)3/h5-6,10,15H,4,7H2,1-3H3. The van der Waals surface area contributed by atoms with Gasteiger partial charge in [-0.25, -0.2) is 4.79 Å². The molecule has 84 valence electrons. The molecule has 0 radical (unpaired) electrons. The Labute approximate surface area is 95.8 Å². The minimum absolute atomic E-state index is 0.213. The van der Waals surface area contributed by atoms with E-state index in [1.807, 2.05) is 37.5 Å². The Kier molecular flexibility index (Phi) is 4.27. The molecule has 0 saturated carbocycles. The highest BCUT2D eigenvalue weighted by molar-refractivity contribution is 7.80. The van der Waals surface area contributed by atoms with Crippen molar-refractivity contribution in [1.82, 2.24) is 4.57 Å². The van der Waals surface area contributed by atoms with Gasteiger partial charge in [0.05, 0.1) is 6.61 Å². The highest BCUT2D eigenvalue weighted by Gasteiger charge is 2.22. The fraction of sp³-hybridized carbons (Fsp3) is 0.545. The Bertz CT molecular complexity index is 327. The van der Waals surface area contributed by atoms with E-state index in [2.05, 4.69) is 12.6 Å². The molecule has 0 spiro atoms. The molecule has 1 unspecified atom stereocenters. The molecular weight excluding hydrogens is 210 g/mol. The first-order valence-electron chi connectivity index (χ1n) is 5.03. The smallest absolute Gasteiger partial charge is 0.329 e. The van der Waals surface area contributed by atoms with E-state index in [0.29, 0.717) is 12.4 Å². The number of rotatable bonds is 4. The number of carbonyl (C=O) groups excluding carboxylic acids is 1. The van der Waals surface area contributed by atoms with Crippen molar-refractivity contribution in [2.75, 3.05) is 12.4 Å². The zero-order valence-corrected chi connectivity index (χ0v) is 10.3. The van der Waals surface area contributed by atoms with Gasteiger partial charge in [0.1, 0.15) is 6.04 Å². The molecule has 0 aliphatic carbocycles. The summed E-state index contributed by atoms with van der Waals surface area (Å²) in [4.78, 5) is 11.7. The molecule has 15 heavy (non-hydrogen) atoms. The summed E-state index contributed by atoms with van der Waals surface area (Å²) in [5, 5.41) is 0. The van der Waals surface area contributed by atoms with Crippen LogP contribution < -0.4 is 0 Å². The number of ether oxygens (including phenoxy) is 1. The van der Waals surface area contributed by atoms with Crippen LogP contribution in [0.5, 0.6) is 0 Å². The van der Waals surface area contributed by atoms with Crippen molar-refractivity contribution < 1.29 is 9.53 Å². The Morgan fingerprint density at radius 3 is 2.40 bits per heavy atom. The number of carbonyl (C=O) groups is 1. The fourth-order valence-electron chi connectivity index (χ4n) is 1.67. The first kappa shape index (κ1) is 12.2. The molecule has 0 aliphatic heterocycles. The van der Waals surface area contributed by atoms with Crippen molar-refractivity contribution in [3.05, 3.63) is 23.5 Å². The summed E-state index contributed by atoms with van der Waals surface area (Å²) < 4.78 is 6.98. The van der Waals surface area contributed by atoms with Crippen LogP contribution in [-0.2, 0) is 9.53 Å². The lowest BCUT2D eigenvalue weighted by atomic mass is 10.3. The third-order valence-corrected chi connectivity index (χ3v) is 2.71. The van der Waals surface area contributed by atoms with E-state index in [4.69, 9.17) is 4.74 Å². The monoisotopic (exact) mass is 227 g/mol. The van der Waals surface area contributed by atoms with Crippen LogP contribution in [0.4, 0.5) is 0 Å². The van der Waals surface area contributed by atoms with Gasteiger partial charge >= 0.3 is 5.97 Å². The zero-order valence-electron chi connectivity index (χ0n) is 9.36. The van der Waals surface area contributed by atoms with E-state index in [-0.39, 0.29) is 12.0 Å². The van der Waals surface area contributed by atoms with E-state index in [1.54, 1.807) is 0 Å². The zero-order chi connectivity index (χ0) is 11.4. The van der Waals surface area contributed by atoms with Gasteiger partial charge in [-0.15, -0.1) is 0 Å². The van der Waals surface area contributed by atoms with Crippen molar-refractivity contribution in [2.45, 2.75) is 26.8 Å². The summed E-state index contributed by atoms with van der Waals surface area (Å²) in [6.07, 6.45) is 0. The predicted molar refractivity (Wildman–Crippen MR) is 63.4 cm³/mol. The second kappa shape index (κ2) is 5.26. The van der Waals surface area contributed by atoms with Crippen LogP contribution in [0.2, 0.25) is 0 Å². The average Bonchev–Trinajstić information content (AvgIpc) is 2.51. The maximum atomic E-state index is 11.7. The van der Waals surface area contributed by atoms with Crippen molar-refractivity contribution in [2.24, 2.45) is 0 Å². The quantitative estimate of drug-likeness (QED) is 0.631. The lowest BCUT2D eigenvalue weighted by Crippen LogP contribution is -2.25. The van der Waals surface area contributed by atoms with Crippen LogP contribution in [-0.4, -0.2) is 22.9 Å². The maximum Gasteiger partial charge on any atom is 0.329 e. The second-order valence-electron chi connectivity index (χ2n) is 3.44. The third kappa shape index (κ3) is 2.56. The molecule has 3 nitrogen and oxygen atoms in total. The highest BCUT2D eigenvalue weighted by atomic mass is 32.1. The average molecular weight is 227 g/mol. The van der Waals surface area contributed by atoms with Crippen LogP contribution in [0.1, 0.15) is 24.4 Å². The van der Waals surface area contributed by atoms with Gasteiger partial charge in [0, 0.05) is 17.1 Å². The van der Waals surface area contributed by atoms with E-state index >= 15 is 0 Å². The molecule has 4 heteroatoms. The molecule has 1 heterocycles. The molecule has 0 N–H and O–H groups in total. The molecular formula is C11H17NO2S. The highest BCUT2D eigenvalue weighted by Crippen LogP contribution is 2.18. The minimum atomic E-state index is -0.316. The molecule has 0 saturated heterocycles. The Balaban J connectivity index is 2.97. The van der Waals surface area contributed by atoms with Crippen molar-refractivity contribution >= 4 is 18.6 Å². The van der Waals surface area contributed by atoms with Gasteiger partial charge in [-0.3, -0.25) is 0 Å². The molecule has 1 rings (SSSR count). The molecule has 1 atom stereocenters. The summed E-state index contributed by atoms with van der Waals surface area (Å²) >= 11 is 4.21. The largest absolute Gasteiger partial charge is 0.464 e. The van der Waals surface area contributed by atoms with E-state index < -0.39 is 0 Å². The van der Waals surface area contributed by atoms with Crippen LogP contribution in [0.3, 0.4) is 0 Å². The van der Waals surface area contributed by atoms with Crippen LogP contribution >= 0.6 is 12.6 Å². The maximum absolute atomic E-state index is 11.7. The SMILES string of the molecule is CCOC(=O)C(CS)n1c(C)ccc1C. The van der Waals surface area contributed by atoms with Gasteiger partial charge < -0.3 is 9.30 Å². The summed E-state index contributed by atoms with van der Waals surface area (Å²) in [5.74, 6) is 0.241. The third-order valence-electron chi connectivity index (χ3n) is 2.37. The number of thiol groups is 1. The van der Waals surface area contributed by atoms with Crippen molar-refractivity contribution in [1.29, 1.82) is 0 Å². The summed E-state index contributed by atoms with van der Waals surface area (Å²) in [7, 11) is 0. The molecule has 0 aliphatic rings. The summed E-state index contributed by atoms with van der Waals surface area (Å²) in [5.41, 5.74) is 2.11. The number of aromatic nitrogens is 1. The number of esters is 1. The Morgan fingerprint density at radius 1 is 1.47 bits per heavy atom. The van der Waals surface area contributed by atoms with Gasteiger partial charge in [-0.2, -0.15) is 12.6 Å². The fourth-order valence-corrected chi connectivity index (χ4v) is 1.98. The molecule has 0 bridgehead atoms. The van der Waals surface area contributed by atoms with Gasteiger partial charge in [0.2, 0.25) is 0 Å². The summed E-state index contributed by atoms with van der Waals surface area (Å²) in [6.45, 7) is 6.16. The second-order valence-corrected chi connectivity index (χ2v) is 3.80. The molecule has 0 fully saturated rings. The Morgan fingerprint density at radius 2 is 2.00 bits per heavy atom. The number of hydrogen-bond acceptors (Lipinski definition) is 3. The van der Waals surface area contributed by atoms with Crippen molar-refractivity contribution in [3.63, 3.8) is 0 Å². The van der Waals surface area contributed by atoms with Crippen LogP contribution in [0.25, 0.3) is 0 Å². The van der Waals surface area contributed by atoms with Gasteiger partial charge in [-0.1, -0.05) is 0 Å².